The summed E-state index contributed by atoms with van der Waals surface area (Å²) in [5.41, 5.74) is 2.99. The second-order valence-electron chi connectivity index (χ2n) is 8.53. The van der Waals surface area contributed by atoms with E-state index in [1.54, 1.807) is 18.2 Å². The molecule has 0 aromatic heterocycles. The molecule has 2 amide bonds. The van der Waals surface area contributed by atoms with Crippen molar-refractivity contribution in [3.05, 3.63) is 76.9 Å². The van der Waals surface area contributed by atoms with Gasteiger partial charge >= 0.3 is 5.97 Å². The molecule has 0 radical (unpaired) electrons. The Kier molecular flexibility index (Phi) is 5.78. The van der Waals surface area contributed by atoms with Crippen molar-refractivity contribution < 1.29 is 23.9 Å². The Bertz CT molecular complexity index is 1130. The third-order valence-electron chi connectivity index (χ3n) is 6.26. The maximum atomic E-state index is 12.9. The minimum atomic E-state index is -0.638. The van der Waals surface area contributed by atoms with Crippen LogP contribution in [0.25, 0.3) is 0 Å². The number of nitrogens with zero attached hydrogens (tertiary/aromatic N) is 1. The molecule has 2 aromatic rings. The van der Waals surface area contributed by atoms with Crippen molar-refractivity contribution in [2.24, 2.45) is 17.8 Å². The lowest BCUT2D eigenvalue weighted by molar-refractivity contribution is -0.122. The van der Waals surface area contributed by atoms with Gasteiger partial charge in [-0.05, 0) is 62.1 Å². The number of imide groups is 1. The summed E-state index contributed by atoms with van der Waals surface area (Å²) in [5, 5.41) is 0. The summed E-state index contributed by atoms with van der Waals surface area (Å²) in [6.07, 6.45) is 4.50. The predicted octanol–water partition coefficient (Wildman–Crippen LogP) is 4.04. The number of rotatable bonds is 5. The fraction of sp³-hybridized carbons (Fsp3) is 0.308. The number of ketones is 1. The lowest BCUT2D eigenvalue weighted by Gasteiger charge is -2.22. The van der Waals surface area contributed by atoms with Gasteiger partial charge in [-0.3, -0.25) is 19.3 Å². The summed E-state index contributed by atoms with van der Waals surface area (Å²) in [5.74, 6) is -1.97. The van der Waals surface area contributed by atoms with Crippen LogP contribution in [0.5, 0.6) is 0 Å². The summed E-state index contributed by atoms with van der Waals surface area (Å²) >= 11 is 0. The number of carbonyl (C=O) groups is 4. The number of ether oxygens (including phenoxy) is 1. The standard InChI is InChI=1S/C26H25NO5/c1-15-7-8-16(2)21(13-15)22(28)14-32-26(31)18-9-11-19(12-10-18)27-24(29)20-6-4-5-17(3)23(20)25(27)30/h4-5,7-13,17,20,23H,6,14H2,1-3H3/t17-,20-,23-/m0/s1. The monoisotopic (exact) mass is 431 g/mol. The van der Waals surface area contributed by atoms with Gasteiger partial charge in [-0.15, -0.1) is 0 Å². The zero-order valence-electron chi connectivity index (χ0n) is 18.3. The summed E-state index contributed by atoms with van der Waals surface area (Å²) in [4.78, 5) is 51.8. The Morgan fingerprint density at radius 1 is 1.03 bits per heavy atom. The van der Waals surface area contributed by atoms with Gasteiger partial charge in [0.2, 0.25) is 17.6 Å². The van der Waals surface area contributed by atoms with Gasteiger partial charge < -0.3 is 4.74 Å². The Morgan fingerprint density at radius 3 is 2.44 bits per heavy atom. The average Bonchev–Trinajstić information content (AvgIpc) is 3.04. The summed E-state index contributed by atoms with van der Waals surface area (Å²) < 4.78 is 5.19. The van der Waals surface area contributed by atoms with E-state index >= 15 is 0 Å². The average molecular weight is 431 g/mol. The minimum Gasteiger partial charge on any atom is -0.454 e. The van der Waals surface area contributed by atoms with E-state index in [4.69, 9.17) is 4.74 Å². The number of benzene rings is 2. The van der Waals surface area contributed by atoms with Gasteiger partial charge in [0.05, 0.1) is 23.1 Å². The molecule has 1 heterocycles. The lowest BCUT2D eigenvalue weighted by atomic mass is 9.78. The highest BCUT2D eigenvalue weighted by atomic mass is 16.5. The molecule has 164 valence electrons. The van der Waals surface area contributed by atoms with Crippen LogP contribution in [0.1, 0.15) is 45.2 Å². The summed E-state index contributed by atoms with van der Waals surface area (Å²) in [7, 11) is 0. The van der Waals surface area contributed by atoms with Crippen LogP contribution in [0, 0.1) is 31.6 Å². The minimum absolute atomic E-state index is 0.0130. The molecular formula is C26H25NO5. The molecule has 1 aliphatic carbocycles. The molecule has 32 heavy (non-hydrogen) atoms. The number of fused-ring (bicyclic) bond motifs is 1. The van der Waals surface area contributed by atoms with Gasteiger partial charge in [0.15, 0.2) is 6.61 Å². The van der Waals surface area contributed by atoms with Crippen LogP contribution >= 0.6 is 0 Å². The second-order valence-corrected chi connectivity index (χ2v) is 8.53. The van der Waals surface area contributed by atoms with Crippen molar-refractivity contribution in [2.75, 3.05) is 11.5 Å². The van der Waals surface area contributed by atoms with Crippen molar-refractivity contribution in [3.63, 3.8) is 0 Å². The van der Waals surface area contributed by atoms with E-state index in [9.17, 15) is 19.2 Å². The van der Waals surface area contributed by atoms with Gasteiger partial charge in [-0.25, -0.2) is 4.79 Å². The Morgan fingerprint density at radius 2 is 1.75 bits per heavy atom. The molecule has 6 nitrogen and oxygen atoms in total. The van der Waals surface area contributed by atoms with Crippen LogP contribution in [0.2, 0.25) is 0 Å². The van der Waals surface area contributed by atoms with Crippen LogP contribution < -0.4 is 4.90 Å². The smallest absolute Gasteiger partial charge is 0.338 e. The number of esters is 1. The molecule has 4 rings (SSSR count). The first-order valence-corrected chi connectivity index (χ1v) is 10.7. The Labute approximate surface area is 186 Å². The van der Waals surface area contributed by atoms with Crippen molar-refractivity contribution >= 4 is 29.3 Å². The van der Waals surface area contributed by atoms with Crippen molar-refractivity contribution in [1.29, 1.82) is 0 Å². The number of amides is 2. The fourth-order valence-electron chi connectivity index (χ4n) is 4.48. The number of hydrogen-bond acceptors (Lipinski definition) is 5. The van der Waals surface area contributed by atoms with Crippen molar-refractivity contribution in [3.8, 4) is 0 Å². The molecule has 0 N–H and O–H groups in total. The molecule has 0 saturated carbocycles. The molecule has 3 atom stereocenters. The van der Waals surface area contributed by atoms with Crippen LogP contribution in [-0.4, -0.2) is 30.2 Å². The van der Waals surface area contributed by atoms with Crippen molar-refractivity contribution in [1.82, 2.24) is 0 Å². The van der Waals surface area contributed by atoms with Crippen molar-refractivity contribution in [2.45, 2.75) is 27.2 Å². The highest BCUT2D eigenvalue weighted by molar-refractivity contribution is 6.22. The number of anilines is 1. The van der Waals surface area contributed by atoms with Crippen LogP contribution in [0.3, 0.4) is 0 Å². The molecule has 2 aliphatic rings. The lowest BCUT2D eigenvalue weighted by Crippen LogP contribution is -2.31. The van der Waals surface area contributed by atoms with Crippen LogP contribution in [-0.2, 0) is 14.3 Å². The van der Waals surface area contributed by atoms with E-state index in [-0.39, 0.29) is 47.5 Å². The van der Waals surface area contributed by atoms with Crippen LogP contribution in [0.15, 0.2) is 54.6 Å². The van der Waals surface area contributed by atoms with E-state index in [0.717, 1.165) is 11.1 Å². The molecule has 6 heteroatoms. The first kappa shape index (κ1) is 21.7. The molecule has 0 unspecified atom stereocenters. The van der Waals surface area contributed by atoms with E-state index in [1.165, 1.54) is 17.0 Å². The maximum Gasteiger partial charge on any atom is 0.338 e. The highest BCUT2D eigenvalue weighted by Gasteiger charge is 2.50. The molecule has 1 saturated heterocycles. The Balaban J connectivity index is 1.43. The SMILES string of the molecule is Cc1ccc(C)c(C(=O)COC(=O)c2ccc(N3C(=O)[C@@H]4[C@H](CC=C[C@@H]4C)C3=O)cc2)c1. The van der Waals surface area contributed by atoms with E-state index in [2.05, 4.69) is 0 Å². The molecule has 1 fully saturated rings. The van der Waals surface area contributed by atoms with E-state index in [1.807, 2.05) is 45.1 Å². The Hall–Kier alpha value is -3.54. The van der Waals surface area contributed by atoms with Gasteiger partial charge in [0.1, 0.15) is 0 Å². The first-order valence-electron chi connectivity index (χ1n) is 10.7. The topological polar surface area (TPSA) is 80.8 Å². The summed E-state index contributed by atoms with van der Waals surface area (Å²) in [6.45, 7) is 5.32. The van der Waals surface area contributed by atoms with Gasteiger partial charge in [0, 0.05) is 5.56 Å². The van der Waals surface area contributed by atoms with E-state index < -0.39 is 5.97 Å². The first-order chi connectivity index (χ1) is 15.3. The van der Waals surface area contributed by atoms with Gasteiger partial charge in [0.25, 0.3) is 0 Å². The number of hydrogen-bond donors (Lipinski definition) is 0. The molecule has 2 aromatic carbocycles. The molecule has 0 spiro atoms. The zero-order chi connectivity index (χ0) is 23.0. The van der Waals surface area contributed by atoms with Gasteiger partial charge in [-0.2, -0.15) is 0 Å². The third kappa shape index (κ3) is 3.88. The maximum absolute atomic E-state index is 12.9. The third-order valence-corrected chi connectivity index (χ3v) is 6.26. The number of allylic oxidation sites excluding steroid dienone is 2. The molecule has 0 bridgehead atoms. The van der Waals surface area contributed by atoms with Gasteiger partial charge in [-0.1, -0.05) is 36.8 Å². The number of carbonyl (C=O) groups excluding carboxylic acids is 4. The predicted molar refractivity (Wildman–Crippen MR) is 119 cm³/mol. The highest BCUT2D eigenvalue weighted by Crippen LogP contribution is 2.40. The second kappa shape index (κ2) is 8.54. The fourth-order valence-corrected chi connectivity index (χ4v) is 4.48. The van der Waals surface area contributed by atoms with Crippen LogP contribution in [0.4, 0.5) is 5.69 Å². The largest absolute Gasteiger partial charge is 0.454 e. The molecule has 1 aliphatic heterocycles. The zero-order valence-corrected chi connectivity index (χ0v) is 18.3. The quantitative estimate of drug-likeness (QED) is 0.309. The van der Waals surface area contributed by atoms with E-state index in [0.29, 0.717) is 17.7 Å². The number of Topliss-reactive ketones (excluding diaryl/α,β-unsaturated/α-hetero) is 1. The summed E-state index contributed by atoms with van der Waals surface area (Å²) in [6, 6.07) is 11.7. The molecular weight excluding hydrogens is 406 g/mol. The number of aryl methyl sites for hydroxylation is 2. The normalized spacial score (nSPS) is 22.1.